The summed E-state index contributed by atoms with van der Waals surface area (Å²) in [5.41, 5.74) is 2.52. The van der Waals surface area contributed by atoms with Crippen molar-refractivity contribution in [2.45, 2.75) is 70.1 Å². The summed E-state index contributed by atoms with van der Waals surface area (Å²) in [5.74, 6) is 3.36. The molecule has 1 aromatic heterocycles. The van der Waals surface area contributed by atoms with Crippen LogP contribution >= 0.6 is 11.8 Å². The van der Waals surface area contributed by atoms with E-state index in [0.29, 0.717) is 17.2 Å². The summed E-state index contributed by atoms with van der Waals surface area (Å²) in [6.45, 7) is 5.26. The summed E-state index contributed by atoms with van der Waals surface area (Å²) in [7, 11) is 0. The van der Waals surface area contributed by atoms with Gasteiger partial charge in [-0.2, -0.15) is 0 Å². The number of benzene rings is 1. The summed E-state index contributed by atoms with van der Waals surface area (Å²) in [6.07, 6.45) is 8.34. The van der Waals surface area contributed by atoms with Crippen molar-refractivity contribution in [2.24, 2.45) is 23.2 Å². The van der Waals surface area contributed by atoms with E-state index >= 15 is 0 Å². The number of aromatic nitrogens is 2. The van der Waals surface area contributed by atoms with Crippen molar-refractivity contribution in [3.63, 3.8) is 0 Å². The van der Waals surface area contributed by atoms with Gasteiger partial charge in [0, 0.05) is 12.6 Å². The average Bonchev–Trinajstić information content (AvgIpc) is 3.02. The van der Waals surface area contributed by atoms with Crippen LogP contribution in [-0.4, -0.2) is 27.3 Å². The number of hydrogen-bond acceptors (Lipinski definition) is 3. The van der Waals surface area contributed by atoms with Gasteiger partial charge in [0.1, 0.15) is 0 Å². The molecule has 2 aromatic rings. The lowest BCUT2D eigenvalue weighted by molar-refractivity contribution is -0.123. The Bertz CT molecular complexity index is 854. The fourth-order valence-electron chi connectivity index (χ4n) is 6.74. The number of amides is 1. The van der Waals surface area contributed by atoms with Crippen molar-refractivity contribution in [3.8, 4) is 0 Å². The first kappa shape index (κ1) is 18.5. The molecule has 1 amide bonds. The molecule has 4 fully saturated rings. The van der Waals surface area contributed by atoms with Gasteiger partial charge in [-0.1, -0.05) is 23.9 Å². The van der Waals surface area contributed by atoms with E-state index in [1.807, 2.05) is 18.2 Å². The van der Waals surface area contributed by atoms with Crippen LogP contribution in [0.5, 0.6) is 0 Å². The topological polar surface area (TPSA) is 46.9 Å². The van der Waals surface area contributed by atoms with Crippen LogP contribution in [0.15, 0.2) is 29.4 Å². The number of rotatable bonds is 6. The Balaban J connectivity index is 1.23. The molecule has 0 unspecified atom stereocenters. The van der Waals surface area contributed by atoms with Crippen LogP contribution in [0, 0.1) is 23.2 Å². The van der Waals surface area contributed by atoms with Crippen LogP contribution in [0.3, 0.4) is 0 Å². The zero-order chi connectivity index (χ0) is 19.3. The minimum Gasteiger partial charge on any atom is -0.352 e. The fourth-order valence-corrected chi connectivity index (χ4v) is 7.63. The predicted octanol–water partition coefficient (Wildman–Crippen LogP) is 4.87. The number of imidazole rings is 1. The van der Waals surface area contributed by atoms with Crippen LogP contribution in [0.4, 0.5) is 0 Å². The molecule has 0 saturated heterocycles. The van der Waals surface area contributed by atoms with Gasteiger partial charge in [0.2, 0.25) is 5.91 Å². The maximum absolute atomic E-state index is 12.8. The maximum atomic E-state index is 12.8. The highest BCUT2D eigenvalue weighted by Crippen LogP contribution is 2.61. The number of aryl methyl sites for hydroxylation is 1. The molecule has 150 valence electrons. The first-order valence-electron chi connectivity index (χ1n) is 10.9. The first-order chi connectivity index (χ1) is 13.6. The van der Waals surface area contributed by atoms with E-state index in [4.69, 9.17) is 4.98 Å². The van der Waals surface area contributed by atoms with Crippen molar-refractivity contribution >= 4 is 28.7 Å². The summed E-state index contributed by atoms with van der Waals surface area (Å²) in [4.78, 5) is 17.5. The molecule has 6 rings (SSSR count). The van der Waals surface area contributed by atoms with E-state index in [-0.39, 0.29) is 5.91 Å². The molecule has 0 radical (unpaired) electrons. The molecule has 4 bridgehead atoms. The number of carbonyl (C=O) groups excluding carboxylic acids is 1. The minimum absolute atomic E-state index is 0.156. The third-order valence-electron chi connectivity index (χ3n) is 7.65. The Morgan fingerprint density at radius 3 is 2.50 bits per heavy atom. The highest BCUT2D eigenvalue weighted by atomic mass is 32.2. The summed E-state index contributed by atoms with van der Waals surface area (Å²) in [5, 5.41) is 4.33. The molecule has 28 heavy (non-hydrogen) atoms. The highest BCUT2D eigenvalue weighted by Gasteiger charge is 2.53. The van der Waals surface area contributed by atoms with Crippen LogP contribution in [0.2, 0.25) is 0 Å². The lowest BCUT2D eigenvalue weighted by Gasteiger charge is -2.59. The fraction of sp³-hybridized carbons (Fsp3) is 0.652. The number of nitrogens with zero attached hydrogens (tertiary/aromatic N) is 2. The lowest BCUT2D eigenvalue weighted by Crippen LogP contribution is -2.56. The molecule has 0 spiro atoms. The van der Waals surface area contributed by atoms with Crippen molar-refractivity contribution < 1.29 is 4.79 Å². The van der Waals surface area contributed by atoms with Gasteiger partial charge >= 0.3 is 0 Å². The smallest absolute Gasteiger partial charge is 0.230 e. The largest absolute Gasteiger partial charge is 0.352 e. The summed E-state index contributed by atoms with van der Waals surface area (Å²) >= 11 is 1.56. The van der Waals surface area contributed by atoms with Crippen molar-refractivity contribution in [2.75, 3.05) is 5.75 Å². The van der Waals surface area contributed by atoms with E-state index in [0.717, 1.165) is 40.5 Å². The van der Waals surface area contributed by atoms with E-state index in [1.54, 1.807) is 11.8 Å². The van der Waals surface area contributed by atoms with Gasteiger partial charge in [0.05, 0.1) is 16.8 Å². The van der Waals surface area contributed by atoms with Crippen LogP contribution < -0.4 is 5.32 Å². The number of thioether (sulfide) groups is 1. The van der Waals surface area contributed by atoms with E-state index < -0.39 is 0 Å². The van der Waals surface area contributed by atoms with Crippen molar-refractivity contribution in [1.82, 2.24) is 14.9 Å². The molecule has 0 aliphatic heterocycles. The average molecular weight is 398 g/mol. The second kappa shape index (κ2) is 7.08. The molecule has 1 aromatic carbocycles. The SMILES string of the molecule is CCn1c(SCC(=O)N[C@H](C)C23CC4CC(CC(C4)C2)C3)nc2ccccc21. The second-order valence-electron chi connectivity index (χ2n) is 9.49. The van der Waals surface area contributed by atoms with Gasteiger partial charge in [0.15, 0.2) is 5.16 Å². The Labute approximate surface area is 171 Å². The van der Waals surface area contributed by atoms with Gasteiger partial charge in [-0.15, -0.1) is 0 Å². The number of nitrogens with one attached hydrogen (secondary N) is 1. The zero-order valence-corrected chi connectivity index (χ0v) is 17.8. The minimum atomic E-state index is 0.156. The van der Waals surface area contributed by atoms with Gasteiger partial charge in [-0.05, 0) is 87.7 Å². The molecule has 5 heteroatoms. The van der Waals surface area contributed by atoms with E-state index in [9.17, 15) is 4.79 Å². The van der Waals surface area contributed by atoms with E-state index in [2.05, 4.69) is 29.8 Å². The Hall–Kier alpha value is -1.49. The Kier molecular flexibility index (Phi) is 4.69. The lowest BCUT2D eigenvalue weighted by atomic mass is 9.48. The Morgan fingerprint density at radius 2 is 1.86 bits per heavy atom. The zero-order valence-electron chi connectivity index (χ0n) is 17.0. The maximum Gasteiger partial charge on any atom is 0.230 e. The molecular weight excluding hydrogens is 366 g/mol. The third-order valence-corrected chi connectivity index (χ3v) is 8.63. The molecule has 4 nitrogen and oxygen atoms in total. The number of carbonyl (C=O) groups is 1. The molecule has 1 atom stereocenters. The number of fused-ring (bicyclic) bond motifs is 1. The quantitative estimate of drug-likeness (QED) is 0.708. The highest BCUT2D eigenvalue weighted by molar-refractivity contribution is 7.99. The van der Waals surface area contributed by atoms with Crippen molar-refractivity contribution in [3.05, 3.63) is 24.3 Å². The molecule has 1 N–H and O–H groups in total. The molecule has 4 aliphatic rings. The van der Waals surface area contributed by atoms with Crippen LogP contribution in [-0.2, 0) is 11.3 Å². The number of para-hydroxylation sites is 2. The Morgan fingerprint density at radius 1 is 1.21 bits per heavy atom. The monoisotopic (exact) mass is 397 g/mol. The van der Waals surface area contributed by atoms with Gasteiger partial charge in [0.25, 0.3) is 0 Å². The molecule has 1 heterocycles. The van der Waals surface area contributed by atoms with Crippen molar-refractivity contribution in [1.29, 1.82) is 0 Å². The molecular formula is C23H31N3OS. The van der Waals surface area contributed by atoms with Crippen LogP contribution in [0.25, 0.3) is 11.0 Å². The standard InChI is InChI=1S/C23H31N3OS/c1-3-26-20-7-5-4-6-19(20)25-22(26)28-14-21(27)24-15(2)23-11-16-8-17(12-23)10-18(9-16)13-23/h4-7,15-18H,3,8-14H2,1-2H3,(H,24,27)/t15-,16?,17?,18?,23?/m1/s1. The molecule has 4 aliphatic carbocycles. The van der Waals surface area contributed by atoms with Crippen LogP contribution in [0.1, 0.15) is 52.4 Å². The van der Waals surface area contributed by atoms with Gasteiger partial charge < -0.3 is 9.88 Å². The summed E-state index contributed by atoms with van der Waals surface area (Å²) in [6, 6.07) is 8.50. The van der Waals surface area contributed by atoms with E-state index in [1.165, 1.54) is 38.5 Å². The predicted molar refractivity (Wildman–Crippen MR) is 114 cm³/mol. The molecule has 4 saturated carbocycles. The second-order valence-corrected chi connectivity index (χ2v) is 10.4. The first-order valence-corrected chi connectivity index (χ1v) is 11.9. The number of hydrogen-bond donors (Lipinski definition) is 1. The summed E-state index contributed by atoms with van der Waals surface area (Å²) < 4.78 is 2.20. The van der Waals surface area contributed by atoms with Gasteiger partial charge in [-0.25, -0.2) is 4.98 Å². The third kappa shape index (κ3) is 3.16. The van der Waals surface area contributed by atoms with Gasteiger partial charge in [-0.3, -0.25) is 4.79 Å². The normalized spacial score (nSPS) is 32.0.